The molecule has 0 saturated heterocycles. The summed E-state index contributed by atoms with van der Waals surface area (Å²) in [5.74, 6) is -0.243. The lowest BCUT2D eigenvalue weighted by Crippen LogP contribution is -2.08. The fourth-order valence-corrected chi connectivity index (χ4v) is 1.13. The lowest BCUT2D eigenvalue weighted by atomic mass is 10.1. The van der Waals surface area contributed by atoms with E-state index < -0.39 is 0 Å². The summed E-state index contributed by atoms with van der Waals surface area (Å²) in [6, 6.07) is 0. The third-order valence-corrected chi connectivity index (χ3v) is 2.09. The van der Waals surface area contributed by atoms with E-state index >= 15 is 0 Å². The molecule has 11 heavy (non-hydrogen) atoms. The second kappa shape index (κ2) is 2.52. The molecule has 0 aromatic rings. The number of hydrogen-bond donors (Lipinski definition) is 0. The molecule has 3 heteroatoms. The van der Waals surface area contributed by atoms with Gasteiger partial charge in [-0.05, 0) is 30.0 Å². The Morgan fingerprint density at radius 3 is 2.45 bits per heavy atom. The van der Waals surface area contributed by atoms with Crippen LogP contribution in [0, 0.1) is 11.3 Å². The molecule has 62 valence electrons. The van der Waals surface area contributed by atoms with Gasteiger partial charge in [0.05, 0.1) is 5.92 Å². The maximum atomic E-state index is 11.1. The molecular weight excluding hydrogens is 164 g/mol. The van der Waals surface area contributed by atoms with Crippen molar-refractivity contribution in [3.05, 3.63) is 11.8 Å². The molecule has 0 N–H and O–H groups in total. The van der Waals surface area contributed by atoms with Crippen LogP contribution in [-0.4, -0.2) is 5.97 Å². The molecule has 0 amide bonds. The predicted molar refractivity (Wildman–Crippen MR) is 43.0 cm³/mol. The van der Waals surface area contributed by atoms with Crippen LogP contribution in [0.3, 0.4) is 0 Å². The van der Waals surface area contributed by atoms with Crippen molar-refractivity contribution in [2.75, 3.05) is 0 Å². The average molecular weight is 175 g/mol. The standard InChI is InChI=1S/C8H11ClO2/c1-5(9)11-7(10)6-4-8(6,2)3/h6H,1,4H2,2-3H3. The SMILES string of the molecule is C=C(Cl)OC(=O)C1CC1(C)C. The first-order valence-electron chi connectivity index (χ1n) is 3.49. The highest BCUT2D eigenvalue weighted by Crippen LogP contribution is 2.52. The van der Waals surface area contributed by atoms with Crippen molar-refractivity contribution in [3.8, 4) is 0 Å². The van der Waals surface area contributed by atoms with Crippen molar-refractivity contribution in [3.63, 3.8) is 0 Å². The Kier molecular flexibility index (Phi) is 1.97. The Morgan fingerprint density at radius 2 is 2.18 bits per heavy atom. The summed E-state index contributed by atoms with van der Waals surface area (Å²) in [5.41, 5.74) is 0.101. The van der Waals surface area contributed by atoms with E-state index in [0.717, 1.165) is 6.42 Å². The van der Waals surface area contributed by atoms with Crippen LogP contribution in [0.25, 0.3) is 0 Å². The van der Waals surface area contributed by atoms with E-state index in [-0.39, 0.29) is 22.5 Å². The van der Waals surface area contributed by atoms with Crippen molar-refractivity contribution >= 4 is 17.6 Å². The van der Waals surface area contributed by atoms with Crippen LogP contribution in [0.15, 0.2) is 11.8 Å². The summed E-state index contributed by atoms with van der Waals surface area (Å²) in [6.45, 7) is 7.32. The zero-order chi connectivity index (χ0) is 8.65. The zero-order valence-electron chi connectivity index (χ0n) is 6.69. The number of ether oxygens (including phenoxy) is 1. The minimum Gasteiger partial charge on any atom is -0.414 e. The van der Waals surface area contributed by atoms with Crippen LogP contribution < -0.4 is 0 Å². The molecule has 0 spiro atoms. The minimum atomic E-state index is -0.255. The van der Waals surface area contributed by atoms with Gasteiger partial charge in [-0.1, -0.05) is 13.8 Å². The Hall–Kier alpha value is -0.500. The smallest absolute Gasteiger partial charge is 0.315 e. The fourth-order valence-electron chi connectivity index (χ4n) is 1.05. The molecule has 1 rings (SSSR count). The maximum Gasteiger partial charge on any atom is 0.315 e. The lowest BCUT2D eigenvalue weighted by molar-refractivity contribution is -0.140. The van der Waals surface area contributed by atoms with Crippen LogP contribution >= 0.6 is 11.6 Å². The summed E-state index contributed by atoms with van der Waals surface area (Å²) in [5, 5.41) is -0.0438. The van der Waals surface area contributed by atoms with E-state index in [4.69, 9.17) is 11.6 Å². The Bertz CT molecular complexity index is 208. The molecule has 0 radical (unpaired) electrons. The first-order chi connectivity index (χ1) is 4.93. The van der Waals surface area contributed by atoms with Gasteiger partial charge in [0.2, 0.25) is 0 Å². The molecule has 0 aromatic heterocycles. The Balaban J connectivity index is 2.40. The monoisotopic (exact) mass is 174 g/mol. The molecule has 0 aliphatic heterocycles. The third kappa shape index (κ3) is 1.96. The van der Waals surface area contributed by atoms with Crippen LogP contribution in [0.2, 0.25) is 0 Å². The highest BCUT2D eigenvalue weighted by molar-refractivity contribution is 6.28. The summed E-state index contributed by atoms with van der Waals surface area (Å²) in [4.78, 5) is 11.1. The summed E-state index contributed by atoms with van der Waals surface area (Å²) in [6.07, 6.45) is 0.885. The van der Waals surface area contributed by atoms with Crippen LogP contribution in [0.5, 0.6) is 0 Å². The van der Waals surface area contributed by atoms with Gasteiger partial charge in [-0.3, -0.25) is 4.79 Å². The number of halogens is 1. The molecule has 0 aromatic carbocycles. The number of hydrogen-bond acceptors (Lipinski definition) is 2. The van der Waals surface area contributed by atoms with E-state index in [2.05, 4.69) is 11.3 Å². The second-order valence-corrected chi connectivity index (χ2v) is 3.94. The van der Waals surface area contributed by atoms with Crippen LogP contribution in [0.4, 0.5) is 0 Å². The van der Waals surface area contributed by atoms with Gasteiger partial charge in [0.15, 0.2) is 5.22 Å². The first-order valence-corrected chi connectivity index (χ1v) is 3.87. The highest BCUT2D eigenvalue weighted by Gasteiger charge is 2.51. The number of rotatable bonds is 2. The molecule has 1 atom stereocenters. The number of esters is 1. The van der Waals surface area contributed by atoms with Crippen molar-refractivity contribution in [2.45, 2.75) is 20.3 Å². The van der Waals surface area contributed by atoms with E-state index in [9.17, 15) is 4.79 Å². The Morgan fingerprint density at radius 1 is 1.73 bits per heavy atom. The van der Waals surface area contributed by atoms with Crippen LogP contribution in [0.1, 0.15) is 20.3 Å². The van der Waals surface area contributed by atoms with Crippen molar-refractivity contribution in [2.24, 2.45) is 11.3 Å². The van der Waals surface area contributed by atoms with Gasteiger partial charge < -0.3 is 4.74 Å². The van der Waals surface area contributed by atoms with E-state index in [1.165, 1.54) is 0 Å². The topological polar surface area (TPSA) is 26.3 Å². The van der Waals surface area contributed by atoms with Gasteiger partial charge in [0.25, 0.3) is 0 Å². The van der Waals surface area contributed by atoms with Crippen LogP contribution in [-0.2, 0) is 9.53 Å². The quantitative estimate of drug-likeness (QED) is 0.474. The summed E-state index contributed by atoms with van der Waals surface area (Å²) >= 11 is 5.30. The van der Waals surface area contributed by atoms with Gasteiger partial charge in [-0.25, -0.2) is 0 Å². The molecule has 1 saturated carbocycles. The Labute approximate surface area is 71.2 Å². The fraction of sp³-hybridized carbons (Fsp3) is 0.625. The summed E-state index contributed by atoms with van der Waals surface area (Å²) in [7, 11) is 0. The van der Waals surface area contributed by atoms with Gasteiger partial charge in [-0.2, -0.15) is 0 Å². The highest BCUT2D eigenvalue weighted by atomic mass is 35.5. The number of carbonyl (C=O) groups excluding carboxylic acids is 1. The maximum absolute atomic E-state index is 11.1. The largest absolute Gasteiger partial charge is 0.414 e. The molecule has 1 aliphatic rings. The molecule has 0 bridgehead atoms. The predicted octanol–water partition coefficient (Wildman–Crippen LogP) is 2.29. The van der Waals surface area contributed by atoms with Gasteiger partial charge in [-0.15, -0.1) is 0 Å². The van der Waals surface area contributed by atoms with Crippen molar-refractivity contribution in [1.29, 1.82) is 0 Å². The summed E-state index contributed by atoms with van der Waals surface area (Å²) < 4.78 is 4.64. The number of carbonyl (C=O) groups is 1. The molecule has 1 unspecified atom stereocenters. The third-order valence-electron chi connectivity index (χ3n) is 2.01. The van der Waals surface area contributed by atoms with Gasteiger partial charge in [0.1, 0.15) is 0 Å². The lowest BCUT2D eigenvalue weighted by Gasteiger charge is -2.02. The van der Waals surface area contributed by atoms with E-state index in [1.54, 1.807) is 0 Å². The van der Waals surface area contributed by atoms with E-state index in [1.807, 2.05) is 13.8 Å². The van der Waals surface area contributed by atoms with Crippen molar-refractivity contribution < 1.29 is 9.53 Å². The minimum absolute atomic E-state index is 0.0120. The molecular formula is C8H11ClO2. The molecule has 1 aliphatic carbocycles. The second-order valence-electron chi connectivity index (χ2n) is 3.52. The zero-order valence-corrected chi connectivity index (χ0v) is 7.44. The van der Waals surface area contributed by atoms with E-state index in [0.29, 0.717) is 0 Å². The normalized spacial score (nSPS) is 25.9. The van der Waals surface area contributed by atoms with Gasteiger partial charge >= 0.3 is 5.97 Å². The van der Waals surface area contributed by atoms with Gasteiger partial charge in [0, 0.05) is 0 Å². The molecule has 2 nitrogen and oxygen atoms in total. The molecule has 0 heterocycles. The first kappa shape index (κ1) is 8.60. The van der Waals surface area contributed by atoms with Crippen molar-refractivity contribution in [1.82, 2.24) is 0 Å². The average Bonchev–Trinajstić information content (AvgIpc) is 2.38. The molecule has 1 fully saturated rings.